The molecule has 0 aromatic carbocycles. The maximum absolute atomic E-state index is 12.5. The number of carbonyl (C=O) groups is 5. The highest BCUT2D eigenvalue weighted by molar-refractivity contribution is 5.96. The minimum atomic E-state index is -1.37. The molecule has 0 aliphatic carbocycles. The third kappa shape index (κ3) is 8.42. The highest BCUT2D eigenvalue weighted by Gasteiger charge is 2.30. The second-order valence-electron chi connectivity index (χ2n) is 7.42. The van der Waals surface area contributed by atoms with Gasteiger partial charge in [-0.15, -0.1) is 0 Å². The van der Waals surface area contributed by atoms with E-state index >= 15 is 0 Å². The molecule has 31 heavy (non-hydrogen) atoms. The van der Waals surface area contributed by atoms with E-state index in [0.717, 1.165) is 0 Å². The number of carboxylic acid groups (broad SMARTS) is 1. The van der Waals surface area contributed by atoms with Crippen LogP contribution >= 0.6 is 0 Å². The van der Waals surface area contributed by atoms with Crippen molar-refractivity contribution in [3.8, 4) is 0 Å². The van der Waals surface area contributed by atoms with Gasteiger partial charge < -0.3 is 37.5 Å². The van der Waals surface area contributed by atoms with E-state index in [1.165, 1.54) is 19.4 Å². The molecule has 1 heterocycles. The lowest BCUT2D eigenvalue weighted by molar-refractivity contribution is -0.143. The van der Waals surface area contributed by atoms with E-state index in [9.17, 15) is 24.0 Å². The minimum Gasteiger partial charge on any atom is -0.480 e. The lowest BCUT2D eigenvalue weighted by Gasteiger charge is -2.23. The fraction of sp³-hybridized carbons (Fsp3) is 0.556. The highest BCUT2D eigenvalue weighted by atomic mass is 16.4. The standard InChI is InChI=1S/C18H29N7O6/c1-8(2)14(18(30)31)25-15(27)9(3)23-17(29)12(5-13(20)26)24-16(28)11(19)4-10-6-21-7-22-10/h6-9,11-12,14H,4-5,19H2,1-3H3,(H2,20,26)(H,21,22)(H,23,29)(H,24,28)(H,25,27)(H,30,31). The molecule has 4 unspecified atom stereocenters. The first-order valence-corrected chi connectivity index (χ1v) is 9.57. The minimum absolute atomic E-state index is 0.112. The quantitative estimate of drug-likeness (QED) is 0.182. The van der Waals surface area contributed by atoms with Gasteiger partial charge in [0.2, 0.25) is 23.6 Å². The molecule has 13 heteroatoms. The average molecular weight is 439 g/mol. The van der Waals surface area contributed by atoms with Gasteiger partial charge in [-0.05, 0) is 12.8 Å². The zero-order chi connectivity index (χ0) is 23.7. The van der Waals surface area contributed by atoms with Gasteiger partial charge >= 0.3 is 5.97 Å². The van der Waals surface area contributed by atoms with E-state index in [-0.39, 0.29) is 12.3 Å². The average Bonchev–Trinajstić information content (AvgIpc) is 3.17. The summed E-state index contributed by atoms with van der Waals surface area (Å²) in [6.07, 6.45) is 2.50. The van der Waals surface area contributed by atoms with Crippen LogP contribution in [0.25, 0.3) is 0 Å². The predicted octanol–water partition coefficient (Wildman–Crippen LogP) is -2.63. The summed E-state index contributed by atoms with van der Waals surface area (Å²) in [6, 6.07) is -4.69. The molecule has 4 atom stereocenters. The molecule has 4 amide bonds. The van der Waals surface area contributed by atoms with E-state index < -0.39 is 60.2 Å². The molecule has 0 aliphatic heterocycles. The van der Waals surface area contributed by atoms with Crippen LogP contribution < -0.4 is 27.4 Å². The fourth-order valence-electron chi connectivity index (χ4n) is 2.59. The molecule has 9 N–H and O–H groups in total. The van der Waals surface area contributed by atoms with Gasteiger partial charge in [-0.2, -0.15) is 0 Å². The molecule has 0 fully saturated rings. The van der Waals surface area contributed by atoms with E-state index in [0.29, 0.717) is 5.69 Å². The fourth-order valence-corrected chi connectivity index (χ4v) is 2.59. The Morgan fingerprint density at radius 2 is 1.71 bits per heavy atom. The van der Waals surface area contributed by atoms with E-state index in [1.807, 2.05) is 0 Å². The SMILES string of the molecule is CC(NC(=O)C(CC(N)=O)NC(=O)C(N)Cc1cnc[nH]1)C(=O)NC(C(=O)O)C(C)C. The molecule has 0 radical (unpaired) electrons. The van der Waals surface area contributed by atoms with Gasteiger partial charge in [0.05, 0.1) is 18.8 Å². The Morgan fingerprint density at radius 3 is 2.19 bits per heavy atom. The number of aromatic nitrogens is 2. The lowest BCUT2D eigenvalue weighted by atomic mass is 10.0. The van der Waals surface area contributed by atoms with Crippen LogP contribution in [0.1, 0.15) is 32.9 Å². The lowest BCUT2D eigenvalue weighted by Crippen LogP contribution is -2.57. The van der Waals surface area contributed by atoms with Gasteiger partial charge in [0.1, 0.15) is 18.1 Å². The summed E-state index contributed by atoms with van der Waals surface area (Å²) in [4.78, 5) is 66.3. The molecule has 1 rings (SSSR count). The maximum atomic E-state index is 12.5. The molecule has 0 spiro atoms. The molecule has 13 nitrogen and oxygen atoms in total. The van der Waals surface area contributed by atoms with E-state index in [1.54, 1.807) is 13.8 Å². The van der Waals surface area contributed by atoms with Crippen LogP contribution in [-0.4, -0.2) is 68.8 Å². The molecular formula is C18H29N7O6. The maximum Gasteiger partial charge on any atom is 0.326 e. The van der Waals surface area contributed by atoms with Crippen LogP contribution in [0.15, 0.2) is 12.5 Å². The molecule has 1 aromatic rings. The summed E-state index contributed by atoms with van der Waals surface area (Å²) in [5, 5.41) is 16.2. The van der Waals surface area contributed by atoms with Crippen molar-refractivity contribution in [2.75, 3.05) is 0 Å². The summed E-state index contributed by atoms with van der Waals surface area (Å²) >= 11 is 0. The van der Waals surface area contributed by atoms with Crippen molar-refractivity contribution >= 4 is 29.6 Å². The summed E-state index contributed by atoms with van der Waals surface area (Å²) in [5.74, 6) is -4.76. The normalized spacial score (nSPS) is 14.7. The van der Waals surface area contributed by atoms with Crippen LogP contribution in [0.2, 0.25) is 0 Å². The number of amides is 4. The number of aliphatic carboxylic acids is 1. The van der Waals surface area contributed by atoms with Crippen LogP contribution in [-0.2, 0) is 30.4 Å². The zero-order valence-corrected chi connectivity index (χ0v) is 17.5. The topological polar surface area (TPSA) is 222 Å². The summed E-state index contributed by atoms with van der Waals surface area (Å²) in [6.45, 7) is 4.57. The van der Waals surface area contributed by atoms with Gasteiger partial charge in [0, 0.05) is 18.3 Å². The second-order valence-corrected chi connectivity index (χ2v) is 7.42. The molecular weight excluding hydrogens is 410 g/mol. The van der Waals surface area contributed by atoms with Crippen molar-refractivity contribution in [3.05, 3.63) is 18.2 Å². The van der Waals surface area contributed by atoms with Crippen LogP contribution in [0.5, 0.6) is 0 Å². The highest BCUT2D eigenvalue weighted by Crippen LogP contribution is 2.03. The molecule has 0 saturated carbocycles. The number of imidazole rings is 1. The number of nitrogens with two attached hydrogens (primary N) is 2. The van der Waals surface area contributed by atoms with Crippen LogP contribution in [0.3, 0.4) is 0 Å². The summed E-state index contributed by atoms with van der Waals surface area (Å²) in [5.41, 5.74) is 11.6. The van der Waals surface area contributed by atoms with Crippen LogP contribution in [0, 0.1) is 5.92 Å². The monoisotopic (exact) mass is 439 g/mol. The van der Waals surface area contributed by atoms with Crippen molar-refractivity contribution in [2.24, 2.45) is 17.4 Å². The van der Waals surface area contributed by atoms with Crippen molar-refractivity contribution in [1.82, 2.24) is 25.9 Å². The van der Waals surface area contributed by atoms with Crippen molar-refractivity contribution in [3.63, 3.8) is 0 Å². The summed E-state index contributed by atoms with van der Waals surface area (Å²) < 4.78 is 0. The van der Waals surface area contributed by atoms with Crippen molar-refractivity contribution in [1.29, 1.82) is 0 Å². The number of carboxylic acids is 1. The Kier molecular flexibility index (Phi) is 9.60. The molecule has 172 valence electrons. The van der Waals surface area contributed by atoms with Gasteiger partial charge in [-0.1, -0.05) is 13.8 Å². The number of nitrogens with one attached hydrogen (secondary N) is 4. The molecule has 0 saturated heterocycles. The Labute approximate surface area is 178 Å². The van der Waals surface area contributed by atoms with Gasteiger partial charge in [0.15, 0.2) is 0 Å². The van der Waals surface area contributed by atoms with E-state index in [2.05, 4.69) is 25.9 Å². The Bertz CT molecular complexity index is 795. The zero-order valence-electron chi connectivity index (χ0n) is 17.5. The Hall–Kier alpha value is -3.48. The first kappa shape index (κ1) is 25.6. The number of carbonyl (C=O) groups excluding carboxylic acids is 4. The number of aromatic amines is 1. The number of nitrogens with zero attached hydrogens (tertiary/aromatic N) is 1. The van der Waals surface area contributed by atoms with Gasteiger partial charge in [-0.3, -0.25) is 19.2 Å². The van der Waals surface area contributed by atoms with E-state index in [4.69, 9.17) is 16.6 Å². The molecule has 0 aliphatic rings. The third-order valence-corrected chi connectivity index (χ3v) is 4.35. The third-order valence-electron chi connectivity index (χ3n) is 4.35. The number of primary amides is 1. The largest absolute Gasteiger partial charge is 0.480 e. The Balaban J connectivity index is 2.76. The molecule has 0 bridgehead atoms. The molecule has 1 aromatic heterocycles. The summed E-state index contributed by atoms with van der Waals surface area (Å²) in [7, 11) is 0. The predicted molar refractivity (Wildman–Crippen MR) is 108 cm³/mol. The number of hydrogen-bond donors (Lipinski definition) is 7. The number of H-pyrrole nitrogens is 1. The van der Waals surface area contributed by atoms with Crippen molar-refractivity contribution in [2.45, 2.75) is 57.8 Å². The first-order chi connectivity index (χ1) is 14.4. The number of hydrogen-bond acceptors (Lipinski definition) is 7. The number of rotatable bonds is 12. The first-order valence-electron chi connectivity index (χ1n) is 9.57. The Morgan fingerprint density at radius 1 is 1.06 bits per heavy atom. The smallest absolute Gasteiger partial charge is 0.326 e. The van der Waals surface area contributed by atoms with Crippen molar-refractivity contribution < 1.29 is 29.1 Å². The van der Waals surface area contributed by atoms with Gasteiger partial charge in [0.25, 0.3) is 0 Å². The second kappa shape index (κ2) is 11.6. The van der Waals surface area contributed by atoms with Crippen LogP contribution in [0.4, 0.5) is 0 Å². The van der Waals surface area contributed by atoms with Gasteiger partial charge in [-0.25, -0.2) is 9.78 Å².